The molecule has 0 aliphatic carbocycles. The van der Waals surface area contributed by atoms with Gasteiger partial charge in [0, 0.05) is 7.11 Å². The lowest BCUT2D eigenvalue weighted by Gasteiger charge is -2.09. The van der Waals surface area contributed by atoms with Crippen molar-refractivity contribution in [3.05, 3.63) is 48.5 Å². The molecule has 0 spiro atoms. The van der Waals surface area contributed by atoms with Gasteiger partial charge in [-0.05, 0) is 55.5 Å². The number of ether oxygens (including phenoxy) is 6. The molecule has 0 amide bonds. The molecule has 0 saturated carbocycles. The van der Waals surface area contributed by atoms with E-state index in [4.69, 9.17) is 23.7 Å². The lowest BCUT2D eigenvalue weighted by Crippen LogP contribution is -2.22. The van der Waals surface area contributed by atoms with Gasteiger partial charge in [-0.25, -0.2) is 14.4 Å². The molecule has 2 rings (SSSR count). The Labute approximate surface area is 183 Å². The van der Waals surface area contributed by atoms with Crippen LogP contribution in [-0.4, -0.2) is 57.2 Å². The van der Waals surface area contributed by atoms with Gasteiger partial charge in [0.25, 0.3) is 0 Å². The molecule has 10 heteroatoms. The molecule has 0 aliphatic heterocycles. The van der Waals surface area contributed by atoms with Crippen LogP contribution in [0.3, 0.4) is 0 Å². The minimum Gasteiger partial charge on any atom is -0.486 e. The van der Waals surface area contributed by atoms with Crippen molar-refractivity contribution in [1.29, 1.82) is 0 Å². The summed E-state index contributed by atoms with van der Waals surface area (Å²) in [7, 11) is 1.37. The van der Waals surface area contributed by atoms with E-state index < -0.39 is 31.1 Å². The van der Waals surface area contributed by atoms with Crippen LogP contribution in [0.2, 0.25) is 0 Å². The van der Waals surface area contributed by atoms with E-state index in [2.05, 4.69) is 4.74 Å². The van der Waals surface area contributed by atoms with Gasteiger partial charge in [0.2, 0.25) is 0 Å². The minimum atomic E-state index is -0.797. The van der Waals surface area contributed by atoms with Crippen LogP contribution in [0.5, 0.6) is 23.0 Å². The van der Waals surface area contributed by atoms with Crippen molar-refractivity contribution in [3.8, 4) is 23.0 Å². The Balaban J connectivity index is 1.68. The normalized spacial score (nSPS) is 10.1. The zero-order chi connectivity index (χ0) is 23.3. The standard InChI is InChI=1S/C22H22O10/c1-15(23)11-28-16-3-5-17(6-4-16)29-13-20(24)30-14-22(26)32-19-9-7-18(8-10-19)31-21(25)12-27-2/h3-10H,11-14H2,1-2H3. The highest BCUT2D eigenvalue weighted by Gasteiger charge is 2.11. The van der Waals surface area contributed by atoms with Gasteiger partial charge in [-0.2, -0.15) is 0 Å². The van der Waals surface area contributed by atoms with Crippen molar-refractivity contribution in [1.82, 2.24) is 0 Å². The maximum absolute atomic E-state index is 11.8. The topological polar surface area (TPSA) is 124 Å². The second-order valence-electron chi connectivity index (χ2n) is 6.26. The fraction of sp³-hybridized carbons (Fsp3) is 0.273. The minimum absolute atomic E-state index is 0.0331. The van der Waals surface area contributed by atoms with Crippen LogP contribution in [-0.2, 0) is 28.7 Å². The second-order valence-corrected chi connectivity index (χ2v) is 6.26. The molecule has 2 aromatic rings. The average Bonchev–Trinajstić information content (AvgIpc) is 2.77. The van der Waals surface area contributed by atoms with Crippen LogP contribution in [0.1, 0.15) is 6.92 Å². The Kier molecular flexibility index (Phi) is 9.67. The van der Waals surface area contributed by atoms with Gasteiger partial charge in [-0.3, -0.25) is 4.79 Å². The molecule has 0 fully saturated rings. The van der Waals surface area contributed by atoms with Crippen LogP contribution >= 0.6 is 0 Å². The maximum Gasteiger partial charge on any atom is 0.349 e. The Morgan fingerprint density at radius 2 is 1.03 bits per heavy atom. The largest absolute Gasteiger partial charge is 0.486 e. The van der Waals surface area contributed by atoms with Gasteiger partial charge in [0.05, 0.1) is 0 Å². The van der Waals surface area contributed by atoms with Crippen molar-refractivity contribution in [2.45, 2.75) is 6.92 Å². The Morgan fingerprint density at radius 1 is 0.594 bits per heavy atom. The number of ketones is 1. The summed E-state index contributed by atoms with van der Waals surface area (Å²) in [6.45, 7) is 0.173. The zero-order valence-electron chi connectivity index (χ0n) is 17.5. The van der Waals surface area contributed by atoms with Gasteiger partial charge in [-0.1, -0.05) is 0 Å². The number of carbonyl (C=O) groups is 4. The Morgan fingerprint density at radius 3 is 1.50 bits per heavy atom. The highest BCUT2D eigenvalue weighted by atomic mass is 16.6. The monoisotopic (exact) mass is 446 g/mol. The zero-order valence-corrected chi connectivity index (χ0v) is 17.5. The van der Waals surface area contributed by atoms with E-state index in [0.717, 1.165) is 0 Å². The Hall–Kier alpha value is -3.92. The molecule has 0 radical (unpaired) electrons. The number of esters is 3. The van der Waals surface area contributed by atoms with Gasteiger partial charge >= 0.3 is 17.9 Å². The number of Topliss-reactive ketones (excluding diaryl/α,β-unsaturated/α-hetero) is 1. The molecule has 0 bridgehead atoms. The fourth-order valence-corrected chi connectivity index (χ4v) is 2.16. The van der Waals surface area contributed by atoms with E-state index in [0.29, 0.717) is 11.5 Å². The van der Waals surface area contributed by atoms with Crippen molar-refractivity contribution in [2.24, 2.45) is 0 Å². The highest BCUT2D eigenvalue weighted by Crippen LogP contribution is 2.19. The molecular formula is C22H22O10. The SMILES string of the molecule is COCC(=O)Oc1ccc(OC(=O)COC(=O)COc2ccc(OCC(C)=O)cc2)cc1. The van der Waals surface area contributed by atoms with Crippen LogP contribution in [0.4, 0.5) is 0 Å². The third-order valence-electron chi connectivity index (χ3n) is 3.52. The molecule has 32 heavy (non-hydrogen) atoms. The van der Waals surface area contributed by atoms with Gasteiger partial charge < -0.3 is 28.4 Å². The fourth-order valence-electron chi connectivity index (χ4n) is 2.16. The number of carbonyl (C=O) groups excluding carboxylic acids is 4. The van der Waals surface area contributed by atoms with E-state index in [9.17, 15) is 19.2 Å². The van der Waals surface area contributed by atoms with E-state index >= 15 is 0 Å². The van der Waals surface area contributed by atoms with E-state index in [1.807, 2.05) is 0 Å². The maximum atomic E-state index is 11.8. The number of hydrogen-bond acceptors (Lipinski definition) is 10. The first-order valence-electron chi connectivity index (χ1n) is 9.37. The lowest BCUT2D eigenvalue weighted by molar-refractivity contribution is -0.155. The molecule has 2 aromatic carbocycles. The smallest absolute Gasteiger partial charge is 0.349 e. The summed E-state index contributed by atoms with van der Waals surface area (Å²) in [5.41, 5.74) is 0. The molecular weight excluding hydrogens is 424 g/mol. The number of benzene rings is 2. The molecule has 0 aliphatic rings. The molecule has 0 saturated heterocycles. The molecule has 0 atom stereocenters. The number of hydrogen-bond donors (Lipinski definition) is 0. The number of methoxy groups -OCH3 is 1. The number of rotatable bonds is 12. The molecule has 0 unspecified atom stereocenters. The molecule has 10 nitrogen and oxygen atoms in total. The predicted octanol–water partition coefficient (Wildman–Crippen LogP) is 1.73. The van der Waals surface area contributed by atoms with Crippen molar-refractivity contribution < 1.29 is 47.6 Å². The van der Waals surface area contributed by atoms with E-state index in [1.165, 1.54) is 38.3 Å². The van der Waals surface area contributed by atoms with Gasteiger partial charge in [0.1, 0.15) is 36.2 Å². The van der Waals surface area contributed by atoms with Crippen molar-refractivity contribution in [3.63, 3.8) is 0 Å². The predicted molar refractivity (Wildman–Crippen MR) is 109 cm³/mol. The lowest BCUT2D eigenvalue weighted by atomic mass is 10.3. The summed E-state index contributed by atoms with van der Waals surface area (Å²) >= 11 is 0. The Bertz CT molecular complexity index is 919. The average molecular weight is 446 g/mol. The summed E-state index contributed by atoms with van der Waals surface area (Å²) in [4.78, 5) is 45.8. The van der Waals surface area contributed by atoms with Crippen LogP contribution in [0, 0.1) is 0 Å². The van der Waals surface area contributed by atoms with Crippen LogP contribution in [0.25, 0.3) is 0 Å². The third-order valence-corrected chi connectivity index (χ3v) is 3.52. The van der Waals surface area contributed by atoms with Crippen LogP contribution < -0.4 is 18.9 Å². The molecule has 0 heterocycles. The second kappa shape index (κ2) is 12.7. The summed E-state index contributed by atoms with van der Waals surface area (Å²) in [6.07, 6.45) is 0. The van der Waals surface area contributed by atoms with Gasteiger partial charge in [-0.15, -0.1) is 0 Å². The van der Waals surface area contributed by atoms with Crippen molar-refractivity contribution in [2.75, 3.05) is 33.5 Å². The third kappa shape index (κ3) is 9.26. The van der Waals surface area contributed by atoms with Crippen molar-refractivity contribution >= 4 is 23.7 Å². The first-order valence-corrected chi connectivity index (χ1v) is 9.37. The van der Waals surface area contributed by atoms with E-state index in [1.54, 1.807) is 24.3 Å². The summed E-state index contributed by atoms with van der Waals surface area (Å²) in [5.74, 6) is -0.927. The molecule has 170 valence electrons. The van der Waals surface area contributed by atoms with Crippen LogP contribution in [0.15, 0.2) is 48.5 Å². The van der Waals surface area contributed by atoms with Gasteiger partial charge in [0.15, 0.2) is 19.0 Å². The summed E-state index contributed by atoms with van der Waals surface area (Å²) in [6, 6.07) is 12.0. The first kappa shape index (κ1) is 24.4. The quantitative estimate of drug-likeness (QED) is 0.352. The molecule has 0 aromatic heterocycles. The summed E-state index contributed by atoms with van der Waals surface area (Å²) in [5, 5.41) is 0. The summed E-state index contributed by atoms with van der Waals surface area (Å²) < 4.78 is 29.9. The van der Waals surface area contributed by atoms with E-state index in [-0.39, 0.29) is 30.5 Å². The first-order chi connectivity index (χ1) is 15.4. The highest BCUT2D eigenvalue weighted by molar-refractivity contribution is 5.79. The molecule has 0 N–H and O–H groups in total.